The Morgan fingerprint density at radius 2 is 0.662 bits per heavy atom. The summed E-state index contributed by atoms with van der Waals surface area (Å²) in [5, 5.41) is 23.3. The van der Waals surface area contributed by atoms with Gasteiger partial charge >= 0.3 is 5.97 Å². The van der Waals surface area contributed by atoms with Crippen LogP contribution in [0.15, 0.2) is 12.2 Å². The molecule has 0 bridgehead atoms. The van der Waals surface area contributed by atoms with E-state index in [2.05, 4.69) is 31.3 Å². The monoisotopic (exact) mass is 1000 g/mol. The van der Waals surface area contributed by atoms with Crippen LogP contribution in [-0.2, 0) is 14.3 Å². The molecule has 422 valence electrons. The number of amides is 1. The van der Waals surface area contributed by atoms with Crippen molar-refractivity contribution in [3.8, 4) is 0 Å². The number of nitrogens with one attached hydrogen (secondary N) is 1. The fourth-order valence-electron chi connectivity index (χ4n) is 10.3. The summed E-state index contributed by atoms with van der Waals surface area (Å²) in [7, 11) is 0. The van der Waals surface area contributed by atoms with Crippen LogP contribution in [-0.4, -0.2) is 47.4 Å². The zero-order valence-corrected chi connectivity index (χ0v) is 48.2. The lowest BCUT2D eigenvalue weighted by molar-refractivity contribution is -0.143. The van der Waals surface area contributed by atoms with Crippen LogP contribution in [0.1, 0.15) is 367 Å². The van der Waals surface area contributed by atoms with Gasteiger partial charge in [0.05, 0.1) is 25.4 Å². The van der Waals surface area contributed by atoms with Crippen molar-refractivity contribution in [3.63, 3.8) is 0 Å². The third-order valence-corrected chi connectivity index (χ3v) is 15.3. The summed E-state index contributed by atoms with van der Waals surface area (Å²) in [6.45, 7) is 4.98. The molecule has 0 aromatic heterocycles. The van der Waals surface area contributed by atoms with Crippen LogP contribution in [0.4, 0.5) is 0 Å². The van der Waals surface area contributed by atoms with E-state index < -0.39 is 12.1 Å². The zero-order chi connectivity index (χ0) is 51.4. The number of unbranched alkanes of at least 4 members (excludes halogenated alkanes) is 48. The van der Waals surface area contributed by atoms with E-state index in [0.29, 0.717) is 25.9 Å². The molecular formula is C65H127NO5. The molecule has 0 aliphatic heterocycles. The average Bonchev–Trinajstić information content (AvgIpc) is 3.37. The van der Waals surface area contributed by atoms with Crippen molar-refractivity contribution in [2.75, 3.05) is 13.2 Å². The van der Waals surface area contributed by atoms with E-state index >= 15 is 0 Å². The Morgan fingerprint density at radius 3 is 1.00 bits per heavy atom. The zero-order valence-electron chi connectivity index (χ0n) is 48.2. The van der Waals surface area contributed by atoms with Gasteiger partial charge in [0.25, 0.3) is 0 Å². The van der Waals surface area contributed by atoms with E-state index in [1.807, 2.05) is 0 Å². The van der Waals surface area contributed by atoms with Gasteiger partial charge in [-0.25, -0.2) is 0 Å². The Hall–Kier alpha value is -1.40. The van der Waals surface area contributed by atoms with Crippen LogP contribution in [0, 0.1) is 0 Å². The number of ether oxygens (including phenoxy) is 1. The molecule has 6 heteroatoms. The number of hydrogen-bond donors (Lipinski definition) is 3. The van der Waals surface area contributed by atoms with Crippen LogP contribution in [0.25, 0.3) is 0 Å². The second-order valence-electron chi connectivity index (χ2n) is 22.5. The van der Waals surface area contributed by atoms with Crippen molar-refractivity contribution in [1.29, 1.82) is 0 Å². The summed E-state index contributed by atoms with van der Waals surface area (Å²) in [5.41, 5.74) is 0. The number of allylic oxidation sites excluding steroid dienone is 2. The Balaban J connectivity index is 3.38. The van der Waals surface area contributed by atoms with E-state index in [1.54, 1.807) is 0 Å². The van der Waals surface area contributed by atoms with Crippen LogP contribution in [0.3, 0.4) is 0 Å². The SMILES string of the molecule is CCCCCCCCCCCCCCCCCCCC(=O)OCCCCCCCCCCCCCC/C=C\CCCCCCCCCC(=O)NC(CO)C(O)CCCCCCCCCCCCCCCC. The minimum absolute atomic E-state index is 0.0162. The molecule has 2 atom stereocenters. The van der Waals surface area contributed by atoms with Gasteiger partial charge in [-0.05, 0) is 51.4 Å². The van der Waals surface area contributed by atoms with Gasteiger partial charge in [-0.2, -0.15) is 0 Å². The predicted octanol–water partition coefficient (Wildman–Crippen LogP) is 20.4. The number of carbonyl (C=O) groups excluding carboxylic acids is 2. The van der Waals surface area contributed by atoms with E-state index in [-0.39, 0.29) is 18.5 Å². The molecule has 0 heterocycles. The van der Waals surface area contributed by atoms with Crippen LogP contribution < -0.4 is 5.32 Å². The van der Waals surface area contributed by atoms with Crippen molar-refractivity contribution in [1.82, 2.24) is 5.32 Å². The van der Waals surface area contributed by atoms with E-state index in [1.165, 1.54) is 295 Å². The first-order chi connectivity index (χ1) is 35.0. The fraction of sp³-hybridized carbons (Fsp3) is 0.938. The molecule has 0 aliphatic rings. The normalized spacial score (nSPS) is 12.6. The smallest absolute Gasteiger partial charge is 0.305 e. The summed E-state index contributed by atoms with van der Waals surface area (Å²) in [6.07, 6.45) is 73.7. The third kappa shape index (κ3) is 57.7. The Morgan fingerprint density at radius 1 is 0.380 bits per heavy atom. The highest BCUT2D eigenvalue weighted by Gasteiger charge is 2.20. The highest BCUT2D eigenvalue weighted by molar-refractivity contribution is 5.76. The second kappa shape index (κ2) is 61.1. The molecule has 1 amide bonds. The standard InChI is InChI=1S/C65H127NO5/c1-3-5-7-9-11-13-15-17-19-27-31-35-39-43-47-51-55-59-65(70)71-60-56-52-48-44-40-36-32-29-26-24-22-20-21-23-25-28-30-34-38-42-46-50-54-58-64(69)66-62(61-67)63(68)57-53-49-45-41-37-33-18-16-14-12-10-8-6-4-2/h23,25,62-63,67-68H,3-22,24,26-61H2,1-2H3,(H,66,69)/b25-23-. The van der Waals surface area contributed by atoms with Gasteiger partial charge < -0.3 is 20.3 Å². The lowest BCUT2D eigenvalue weighted by Crippen LogP contribution is -2.45. The molecule has 6 nitrogen and oxygen atoms in total. The van der Waals surface area contributed by atoms with Gasteiger partial charge in [0.1, 0.15) is 0 Å². The van der Waals surface area contributed by atoms with Crippen molar-refractivity contribution < 1.29 is 24.5 Å². The van der Waals surface area contributed by atoms with Gasteiger partial charge in [-0.15, -0.1) is 0 Å². The fourth-order valence-corrected chi connectivity index (χ4v) is 10.3. The summed E-state index contributed by atoms with van der Waals surface area (Å²) in [6, 6.07) is -0.545. The minimum atomic E-state index is -0.667. The van der Waals surface area contributed by atoms with Gasteiger partial charge in [0.15, 0.2) is 0 Å². The number of hydrogen-bond acceptors (Lipinski definition) is 5. The largest absolute Gasteiger partial charge is 0.466 e. The number of rotatable bonds is 61. The Labute approximate surface area is 444 Å². The van der Waals surface area contributed by atoms with Crippen molar-refractivity contribution in [3.05, 3.63) is 12.2 Å². The summed E-state index contributed by atoms with van der Waals surface area (Å²) < 4.78 is 5.50. The number of aliphatic hydroxyl groups is 2. The molecule has 0 spiro atoms. The highest BCUT2D eigenvalue weighted by Crippen LogP contribution is 2.18. The van der Waals surface area contributed by atoms with E-state index in [0.717, 1.165) is 38.5 Å². The maximum atomic E-state index is 12.5. The lowest BCUT2D eigenvalue weighted by Gasteiger charge is -2.22. The molecule has 2 unspecified atom stereocenters. The molecule has 71 heavy (non-hydrogen) atoms. The molecule has 0 aliphatic carbocycles. The highest BCUT2D eigenvalue weighted by atomic mass is 16.5. The van der Waals surface area contributed by atoms with E-state index in [9.17, 15) is 19.8 Å². The van der Waals surface area contributed by atoms with Crippen molar-refractivity contribution in [2.24, 2.45) is 0 Å². The van der Waals surface area contributed by atoms with Gasteiger partial charge in [-0.1, -0.05) is 315 Å². The molecule has 0 saturated heterocycles. The summed E-state index contributed by atoms with van der Waals surface area (Å²) in [4.78, 5) is 24.6. The molecular weight excluding hydrogens is 875 g/mol. The maximum absolute atomic E-state index is 12.5. The van der Waals surface area contributed by atoms with Gasteiger partial charge in [-0.3, -0.25) is 9.59 Å². The second-order valence-corrected chi connectivity index (χ2v) is 22.5. The number of aliphatic hydroxyl groups excluding tert-OH is 2. The Bertz CT molecular complexity index is 1060. The molecule has 0 radical (unpaired) electrons. The van der Waals surface area contributed by atoms with Gasteiger partial charge in [0.2, 0.25) is 5.91 Å². The van der Waals surface area contributed by atoms with Gasteiger partial charge in [0, 0.05) is 12.8 Å². The molecule has 3 N–H and O–H groups in total. The van der Waals surface area contributed by atoms with Crippen molar-refractivity contribution in [2.45, 2.75) is 379 Å². The van der Waals surface area contributed by atoms with Crippen molar-refractivity contribution >= 4 is 11.9 Å². The predicted molar refractivity (Wildman–Crippen MR) is 310 cm³/mol. The Kier molecular flexibility index (Phi) is 59.9. The van der Waals surface area contributed by atoms with E-state index in [4.69, 9.17) is 4.74 Å². The first-order valence-corrected chi connectivity index (χ1v) is 32.4. The molecule has 0 fully saturated rings. The average molecular weight is 1000 g/mol. The minimum Gasteiger partial charge on any atom is -0.466 e. The van der Waals surface area contributed by atoms with Crippen LogP contribution >= 0.6 is 0 Å². The maximum Gasteiger partial charge on any atom is 0.305 e. The molecule has 0 rings (SSSR count). The molecule has 0 aromatic carbocycles. The topological polar surface area (TPSA) is 95.9 Å². The van der Waals surface area contributed by atoms with Crippen LogP contribution in [0.5, 0.6) is 0 Å². The third-order valence-electron chi connectivity index (χ3n) is 15.3. The quantitative estimate of drug-likeness (QED) is 0.0320. The number of carbonyl (C=O) groups is 2. The molecule has 0 saturated carbocycles. The first kappa shape index (κ1) is 69.6. The lowest BCUT2D eigenvalue weighted by atomic mass is 10.0. The van der Waals surface area contributed by atoms with Crippen LogP contribution in [0.2, 0.25) is 0 Å². The number of esters is 1. The summed E-state index contributed by atoms with van der Waals surface area (Å²) >= 11 is 0. The summed E-state index contributed by atoms with van der Waals surface area (Å²) in [5.74, 6) is -0.0228. The molecule has 0 aromatic rings. The first-order valence-electron chi connectivity index (χ1n) is 32.4.